The van der Waals surface area contributed by atoms with Gasteiger partial charge in [0.25, 0.3) is 5.91 Å². The minimum Gasteiger partial charge on any atom is -0.478 e. The number of halogens is 3. The van der Waals surface area contributed by atoms with Crippen molar-refractivity contribution in [3.05, 3.63) is 131 Å². The van der Waals surface area contributed by atoms with Crippen molar-refractivity contribution >= 4 is 17.4 Å². The molecule has 0 fully saturated rings. The summed E-state index contributed by atoms with van der Waals surface area (Å²) >= 11 is 0. The minimum absolute atomic E-state index is 0.137. The predicted molar refractivity (Wildman–Crippen MR) is 144 cm³/mol. The number of fused-ring (bicyclic) bond motifs is 1. The van der Waals surface area contributed by atoms with Crippen molar-refractivity contribution < 1.29 is 27.9 Å². The third-order valence-electron chi connectivity index (χ3n) is 6.69. The van der Waals surface area contributed by atoms with Gasteiger partial charge in [0, 0.05) is 23.7 Å². The molecule has 0 aliphatic carbocycles. The SMILES string of the molecule is CC(NC(=O)c1cc(-c2ccccc2)cn2ncc(Cc3cccc(C(F)(F)F)c3)c12)c1ccc(C(=O)O)cc1. The van der Waals surface area contributed by atoms with E-state index in [4.69, 9.17) is 5.11 Å². The zero-order valence-corrected chi connectivity index (χ0v) is 21.3. The van der Waals surface area contributed by atoms with Crippen molar-refractivity contribution in [2.45, 2.75) is 25.6 Å². The summed E-state index contributed by atoms with van der Waals surface area (Å²) in [5.74, 6) is -1.44. The molecule has 9 heteroatoms. The first-order chi connectivity index (χ1) is 19.1. The number of pyridine rings is 1. The molecule has 0 bridgehead atoms. The molecule has 1 amide bonds. The second-order valence-corrected chi connectivity index (χ2v) is 9.47. The van der Waals surface area contributed by atoms with E-state index in [2.05, 4.69) is 10.4 Å². The van der Waals surface area contributed by atoms with Crippen LogP contribution in [0.1, 0.15) is 55.9 Å². The maximum absolute atomic E-state index is 13.7. The summed E-state index contributed by atoms with van der Waals surface area (Å²) in [5.41, 5.74) is 3.56. The van der Waals surface area contributed by atoms with Gasteiger partial charge in [-0.25, -0.2) is 9.31 Å². The standard InChI is InChI=1S/C31H24F3N3O3/c1-19(21-10-12-23(13-11-21)30(39)40)36-29(38)27-16-25(22-7-3-2-4-8-22)18-37-28(27)24(17-35-37)14-20-6-5-9-26(15-20)31(32,33)34/h2-13,15-19H,14H2,1H3,(H,36,38)(H,39,40). The van der Waals surface area contributed by atoms with Crippen LogP contribution in [-0.4, -0.2) is 26.6 Å². The van der Waals surface area contributed by atoms with Crippen molar-refractivity contribution in [1.82, 2.24) is 14.9 Å². The first-order valence-electron chi connectivity index (χ1n) is 12.5. The van der Waals surface area contributed by atoms with Gasteiger partial charge < -0.3 is 10.4 Å². The van der Waals surface area contributed by atoms with Gasteiger partial charge in [0.15, 0.2) is 0 Å². The van der Waals surface area contributed by atoms with Crippen molar-refractivity contribution in [2.75, 3.05) is 0 Å². The number of alkyl halides is 3. The zero-order chi connectivity index (χ0) is 28.4. The summed E-state index contributed by atoms with van der Waals surface area (Å²) in [6.07, 6.45) is -0.976. The van der Waals surface area contributed by atoms with Crippen LogP contribution in [0.3, 0.4) is 0 Å². The van der Waals surface area contributed by atoms with Gasteiger partial charge in [-0.15, -0.1) is 0 Å². The van der Waals surface area contributed by atoms with Crippen LogP contribution in [0.15, 0.2) is 97.3 Å². The number of carbonyl (C=O) groups is 2. The van der Waals surface area contributed by atoms with E-state index in [-0.39, 0.29) is 12.0 Å². The molecule has 3 aromatic carbocycles. The van der Waals surface area contributed by atoms with E-state index in [1.54, 1.807) is 48.1 Å². The summed E-state index contributed by atoms with van der Waals surface area (Å²) in [4.78, 5) is 24.9. The van der Waals surface area contributed by atoms with E-state index in [9.17, 15) is 22.8 Å². The first-order valence-corrected chi connectivity index (χ1v) is 12.5. The van der Waals surface area contributed by atoms with E-state index in [0.717, 1.165) is 23.3 Å². The second kappa shape index (κ2) is 10.7. The number of hydrogen-bond acceptors (Lipinski definition) is 3. The van der Waals surface area contributed by atoms with Gasteiger partial charge >= 0.3 is 12.1 Å². The molecule has 202 valence electrons. The average Bonchev–Trinajstić information content (AvgIpc) is 3.35. The Kier molecular flexibility index (Phi) is 7.13. The Morgan fingerprint density at radius 1 is 0.950 bits per heavy atom. The average molecular weight is 544 g/mol. The molecule has 2 aromatic heterocycles. The highest BCUT2D eigenvalue weighted by molar-refractivity contribution is 6.03. The number of hydrogen-bond donors (Lipinski definition) is 2. The summed E-state index contributed by atoms with van der Waals surface area (Å²) in [6, 6.07) is 22.1. The highest BCUT2D eigenvalue weighted by atomic mass is 19.4. The number of aromatic nitrogens is 2. The van der Waals surface area contributed by atoms with Crippen LogP contribution in [0, 0.1) is 0 Å². The third kappa shape index (κ3) is 5.58. The van der Waals surface area contributed by atoms with Crippen molar-refractivity contribution in [1.29, 1.82) is 0 Å². The molecular formula is C31H24F3N3O3. The van der Waals surface area contributed by atoms with E-state index in [1.807, 2.05) is 30.3 Å². The number of nitrogens with zero attached hydrogens (tertiary/aromatic N) is 2. The number of amides is 1. The van der Waals surface area contributed by atoms with E-state index in [1.165, 1.54) is 18.2 Å². The lowest BCUT2D eigenvalue weighted by atomic mass is 9.99. The molecule has 1 unspecified atom stereocenters. The smallest absolute Gasteiger partial charge is 0.416 e. The van der Waals surface area contributed by atoms with Crippen molar-refractivity contribution in [2.24, 2.45) is 0 Å². The largest absolute Gasteiger partial charge is 0.478 e. The lowest BCUT2D eigenvalue weighted by Crippen LogP contribution is -2.27. The molecule has 6 nitrogen and oxygen atoms in total. The molecule has 1 atom stereocenters. The molecule has 0 saturated heterocycles. The summed E-state index contributed by atoms with van der Waals surface area (Å²) in [5, 5.41) is 16.6. The Bertz CT molecular complexity index is 1690. The Morgan fingerprint density at radius 3 is 2.35 bits per heavy atom. The second-order valence-electron chi connectivity index (χ2n) is 9.47. The predicted octanol–water partition coefficient (Wildman–Crippen LogP) is 6.80. The monoisotopic (exact) mass is 543 g/mol. The van der Waals surface area contributed by atoms with Crippen LogP contribution >= 0.6 is 0 Å². The molecule has 0 aliphatic heterocycles. The summed E-state index contributed by atoms with van der Waals surface area (Å²) in [7, 11) is 0. The summed E-state index contributed by atoms with van der Waals surface area (Å²) < 4.78 is 41.5. The Balaban J connectivity index is 1.54. The number of carboxylic acid groups (broad SMARTS) is 1. The van der Waals surface area contributed by atoms with Gasteiger partial charge in [0.2, 0.25) is 0 Å². The van der Waals surface area contributed by atoms with Crippen LogP contribution < -0.4 is 5.32 Å². The van der Waals surface area contributed by atoms with Gasteiger partial charge in [-0.2, -0.15) is 18.3 Å². The van der Waals surface area contributed by atoms with E-state index in [0.29, 0.717) is 27.8 Å². The fraction of sp³-hybridized carbons (Fsp3) is 0.129. The van der Waals surface area contributed by atoms with Crippen LogP contribution in [0.2, 0.25) is 0 Å². The molecule has 5 rings (SSSR count). The fourth-order valence-corrected chi connectivity index (χ4v) is 4.63. The lowest BCUT2D eigenvalue weighted by molar-refractivity contribution is -0.137. The highest BCUT2D eigenvalue weighted by Gasteiger charge is 2.30. The number of aromatic carboxylic acids is 1. The topological polar surface area (TPSA) is 83.7 Å². The van der Waals surface area contributed by atoms with Crippen molar-refractivity contribution in [3.63, 3.8) is 0 Å². The molecule has 0 spiro atoms. The van der Waals surface area contributed by atoms with Crippen LogP contribution in [0.4, 0.5) is 13.2 Å². The van der Waals surface area contributed by atoms with Crippen LogP contribution in [-0.2, 0) is 12.6 Å². The third-order valence-corrected chi connectivity index (χ3v) is 6.69. The Labute approximate surface area is 227 Å². The lowest BCUT2D eigenvalue weighted by Gasteiger charge is -2.16. The minimum atomic E-state index is -4.47. The molecule has 0 aliphatic rings. The van der Waals surface area contributed by atoms with E-state index < -0.39 is 29.7 Å². The maximum Gasteiger partial charge on any atom is 0.416 e. The molecule has 5 aromatic rings. The molecular weight excluding hydrogens is 519 g/mol. The Hall–Kier alpha value is -4.92. The normalized spacial score (nSPS) is 12.3. The van der Waals surface area contributed by atoms with Gasteiger partial charge in [0.1, 0.15) is 0 Å². The van der Waals surface area contributed by atoms with Crippen LogP contribution in [0.25, 0.3) is 16.6 Å². The number of rotatable bonds is 7. The zero-order valence-electron chi connectivity index (χ0n) is 21.3. The molecule has 0 saturated carbocycles. The molecule has 2 N–H and O–H groups in total. The van der Waals surface area contributed by atoms with Gasteiger partial charge in [-0.3, -0.25) is 4.79 Å². The molecule has 0 radical (unpaired) electrons. The molecule has 40 heavy (non-hydrogen) atoms. The van der Waals surface area contributed by atoms with Gasteiger partial charge in [-0.05, 0) is 47.9 Å². The number of nitrogens with one attached hydrogen (secondary N) is 1. The Morgan fingerprint density at radius 2 is 1.68 bits per heavy atom. The molecule has 2 heterocycles. The maximum atomic E-state index is 13.7. The van der Waals surface area contributed by atoms with E-state index >= 15 is 0 Å². The highest BCUT2D eigenvalue weighted by Crippen LogP contribution is 2.31. The van der Waals surface area contributed by atoms with Gasteiger partial charge in [0.05, 0.1) is 34.4 Å². The first kappa shape index (κ1) is 26.7. The number of benzene rings is 3. The van der Waals surface area contributed by atoms with Crippen molar-refractivity contribution in [3.8, 4) is 11.1 Å². The number of carboxylic acids is 1. The summed E-state index contributed by atoms with van der Waals surface area (Å²) in [6.45, 7) is 1.78. The number of carbonyl (C=O) groups excluding carboxylic acids is 1. The fourth-order valence-electron chi connectivity index (χ4n) is 4.63. The quantitative estimate of drug-likeness (QED) is 0.237. The van der Waals surface area contributed by atoms with Crippen LogP contribution in [0.5, 0.6) is 0 Å². The van der Waals surface area contributed by atoms with Gasteiger partial charge in [-0.1, -0.05) is 60.7 Å².